The highest BCUT2D eigenvalue weighted by Crippen LogP contribution is 2.35. The summed E-state index contributed by atoms with van der Waals surface area (Å²) in [5.41, 5.74) is 1.21. The highest BCUT2D eigenvalue weighted by atomic mass is 35.5. The number of rotatable bonds is 4. The van der Waals surface area contributed by atoms with Gasteiger partial charge in [-0.1, -0.05) is 29.3 Å². The molecule has 0 atom stereocenters. The smallest absolute Gasteiger partial charge is 0.340 e. The van der Waals surface area contributed by atoms with E-state index in [1.807, 2.05) is 19.1 Å². The van der Waals surface area contributed by atoms with Crippen LogP contribution in [0, 0.1) is 6.92 Å². The maximum atomic E-state index is 13.3. The molecule has 2 aromatic carbocycles. The Labute approximate surface area is 153 Å². The van der Waals surface area contributed by atoms with Gasteiger partial charge < -0.3 is 10.6 Å². The quantitative estimate of drug-likeness (QED) is 0.589. The van der Waals surface area contributed by atoms with E-state index in [1.54, 1.807) is 36.4 Å². The molecule has 0 aliphatic rings. The Hall–Kier alpha value is -2.80. The number of benzene rings is 2. The third kappa shape index (κ3) is 4.43. The molecule has 1 heterocycles. The highest BCUT2D eigenvalue weighted by molar-refractivity contribution is 6.30. The van der Waals surface area contributed by atoms with Crippen LogP contribution in [0.2, 0.25) is 5.02 Å². The van der Waals surface area contributed by atoms with Gasteiger partial charge in [-0.3, -0.25) is 0 Å². The number of hydrogen-bond donors (Lipinski definition) is 2. The summed E-state index contributed by atoms with van der Waals surface area (Å²) in [5.74, 6) is -0.289. The van der Waals surface area contributed by atoms with E-state index in [1.165, 1.54) is 0 Å². The van der Waals surface area contributed by atoms with Gasteiger partial charge in [0.25, 0.3) is 0 Å². The highest BCUT2D eigenvalue weighted by Gasteiger charge is 2.35. The number of aromatic nitrogens is 2. The SMILES string of the molecule is Cc1ccc(Nc2ncc(C(F)(F)F)c(Nc3ccc(Cl)cc3)n2)cc1. The standard InChI is InChI=1S/C18H14ClF3N4/c1-11-2-6-14(7-3-11)25-17-23-10-15(18(20,21)22)16(26-17)24-13-8-4-12(19)5-9-13/h2-10H,1H3,(H2,23,24,25,26). The van der Waals surface area contributed by atoms with Crippen molar-refractivity contribution in [3.8, 4) is 0 Å². The molecule has 1 aromatic heterocycles. The van der Waals surface area contributed by atoms with Crippen molar-refractivity contribution in [1.29, 1.82) is 0 Å². The van der Waals surface area contributed by atoms with Crippen molar-refractivity contribution in [2.24, 2.45) is 0 Å². The number of halogens is 4. The van der Waals surface area contributed by atoms with Gasteiger partial charge in [0, 0.05) is 22.6 Å². The molecular formula is C18H14ClF3N4. The van der Waals surface area contributed by atoms with Gasteiger partial charge in [-0.25, -0.2) is 4.98 Å². The molecule has 3 rings (SSSR count). The van der Waals surface area contributed by atoms with Crippen LogP contribution in [0.5, 0.6) is 0 Å². The van der Waals surface area contributed by atoms with Crippen molar-refractivity contribution in [3.63, 3.8) is 0 Å². The van der Waals surface area contributed by atoms with E-state index < -0.39 is 11.7 Å². The zero-order chi connectivity index (χ0) is 18.7. The van der Waals surface area contributed by atoms with Crippen LogP contribution in [0.4, 0.5) is 36.3 Å². The average molecular weight is 379 g/mol. The zero-order valence-electron chi connectivity index (χ0n) is 13.6. The van der Waals surface area contributed by atoms with E-state index in [4.69, 9.17) is 11.6 Å². The molecule has 3 aromatic rings. The molecule has 2 N–H and O–H groups in total. The third-order valence-corrected chi connectivity index (χ3v) is 3.76. The minimum Gasteiger partial charge on any atom is -0.340 e. The van der Waals surface area contributed by atoms with Crippen molar-refractivity contribution in [2.75, 3.05) is 10.6 Å². The fraction of sp³-hybridized carbons (Fsp3) is 0.111. The molecule has 0 radical (unpaired) electrons. The zero-order valence-corrected chi connectivity index (χ0v) is 14.4. The summed E-state index contributed by atoms with van der Waals surface area (Å²) in [6.45, 7) is 1.94. The van der Waals surface area contributed by atoms with Crippen LogP contribution in [-0.2, 0) is 6.18 Å². The summed E-state index contributed by atoms with van der Waals surface area (Å²) >= 11 is 5.80. The second-order valence-electron chi connectivity index (χ2n) is 5.58. The molecule has 8 heteroatoms. The van der Waals surface area contributed by atoms with Crippen LogP contribution in [-0.4, -0.2) is 9.97 Å². The minimum atomic E-state index is -4.59. The maximum absolute atomic E-state index is 13.3. The molecule has 0 bridgehead atoms. The lowest BCUT2D eigenvalue weighted by molar-refractivity contribution is -0.137. The van der Waals surface area contributed by atoms with Gasteiger partial charge in [0.05, 0.1) is 0 Å². The number of alkyl halides is 3. The first kappa shape index (κ1) is 18.0. The van der Waals surface area contributed by atoms with Gasteiger partial charge in [-0.05, 0) is 43.3 Å². The number of hydrogen-bond acceptors (Lipinski definition) is 4. The second-order valence-corrected chi connectivity index (χ2v) is 6.01. The van der Waals surface area contributed by atoms with Crippen molar-refractivity contribution >= 4 is 34.7 Å². The lowest BCUT2D eigenvalue weighted by atomic mass is 10.2. The molecule has 4 nitrogen and oxygen atoms in total. The second kappa shape index (κ2) is 7.21. The van der Waals surface area contributed by atoms with Crippen LogP contribution in [0.1, 0.15) is 11.1 Å². The van der Waals surface area contributed by atoms with E-state index in [2.05, 4.69) is 20.6 Å². The van der Waals surface area contributed by atoms with E-state index in [0.29, 0.717) is 16.4 Å². The molecule has 0 aliphatic heterocycles. The predicted molar refractivity (Wildman–Crippen MR) is 96.2 cm³/mol. The van der Waals surface area contributed by atoms with Crippen LogP contribution in [0.25, 0.3) is 0 Å². The molecule has 0 unspecified atom stereocenters. The first-order valence-electron chi connectivity index (χ1n) is 7.62. The largest absolute Gasteiger partial charge is 0.421 e. The van der Waals surface area contributed by atoms with Gasteiger partial charge in [-0.2, -0.15) is 18.2 Å². The van der Waals surface area contributed by atoms with Gasteiger partial charge >= 0.3 is 6.18 Å². The monoisotopic (exact) mass is 378 g/mol. The van der Waals surface area contributed by atoms with Crippen LogP contribution in [0.15, 0.2) is 54.7 Å². The van der Waals surface area contributed by atoms with Crippen LogP contribution in [0.3, 0.4) is 0 Å². The van der Waals surface area contributed by atoms with E-state index in [-0.39, 0.29) is 11.8 Å². The third-order valence-electron chi connectivity index (χ3n) is 3.51. The summed E-state index contributed by atoms with van der Waals surface area (Å²) in [6.07, 6.45) is -3.83. The van der Waals surface area contributed by atoms with E-state index in [9.17, 15) is 13.2 Å². The number of nitrogens with zero attached hydrogens (tertiary/aromatic N) is 2. The molecule has 26 heavy (non-hydrogen) atoms. The Morgan fingerprint density at radius 1 is 0.885 bits per heavy atom. The molecule has 0 saturated carbocycles. The van der Waals surface area contributed by atoms with E-state index >= 15 is 0 Å². The van der Waals surface area contributed by atoms with Crippen LogP contribution >= 0.6 is 11.6 Å². The summed E-state index contributed by atoms with van der Waals surface area (Å²) in [6, 6.07) is 13.6. The summed E-state index contributed by atoms with van der Waals surface area (Å²) in [7, 11) is 0. The Morgan fingerprint density at radius 2 is 1.46 bits per heavy atom. The Kier molecular flexibility index (Phi) is 4.99. The summed E-state index contributed by atoms with van der Waals surface area (Å²) in [4.78, 5) is 7.76. The molecule has 134 valence electrons. The number of nitrogens with one attached hydrogen (secondary N) is 2. The van der Waals surface area contributed by atoms with Crippen molar-refractivity contribution in [1.82, 2.24) is 9.97 Å². The first-order valence-corrected chi connectivity index (χ1v) is 7.99. The predicted octanol–water partition coefficient (Wildman–Crippen LogP) is 5.94. The maximum Gasteiger partial charge on any atom is 0.421 e. The fourth-order valence-electron chi connectivity index (χ4n) is 2.18. The van der Waals surface area contributed by atoms with Crippen molar-refractivity contribution in [3.05, 3.63) is 70.9 Å². The average Bonchev–Trinajstić information content (AvgIpc) is 2.58. The van der Waals surface area contributed by atoms with Crippen LogP contribution < -0.4 is 10.6 Å². The molecule has 0 fully saturated rings. The van der Waals surface area contributed by atoms with Crippen molar-refractivity contribution < 1.29 is 13.2 Å². The topological polar surface area (TPSA) is 49.8 Å². The van der Waals surface area contributed by atoms with Gasteiger partial charge in [0.15, 0.2) is 0 Å². The number of aryl methyl sites for hydroxylation is 1. The minimum absolute atomic E-state index is 0.0540. The number of anilines is 4. The Balaban J connectivity index is 1.93. The molecule has 0 aliphatic carbocycles. The Bertz CT molecular complexity index is 894. The van der Waals surface area contributed by atoms with Gasteiger partial charge in [-0.15, -0.1) is 0 Å². The lowest BCUT2D eigenvalue weighted by Gasteiger charge is -2.15. The summed E-state index contributed by atoms with van der Waals surface area (Å²) < 4.78 is 39.8. The van der Waals surface area contributed by atoms with Crippen molar-refractivity contribution in [2.45, 2.75) is 13.1 Å². The molecule has 0 spiro atoms. The first-order chi connectivity index (χ1) is 12.3. The molecular weight excluding hydrogens is 365 g/mol. The Morgan fingerprint density at radius 3 is 2.08 bits per heavy atom. The molecule has 0 saturated heterocycles. The van der Waals surface area contributed by atoms with Gasteiger partial charge in [0.1, 0.15) is 11.4 Å². The normalized spacial score (nSPS) is 11.3. The molecule has 0 amide bonds. The fourth-order valence-corrected chi connectivity index (χ4v) is 2.31. The van der Waals surface area contributed by atoms with E-state index in [0.717, 1.165) is 11.8 Å². The lowest BCUT2D eigenvalue weighted by Crippen LogP contribution is -2.12. The summed E-state index contributed by atoms with van der Waals surface area (Å²) in [5, 5.41) is 6.05. The van der Waals surface area contributed by atoms with Gasteiger partial charge in [0.2, 0.25) is 5.95 Å².